The van der Waals surface area contributed by atoms with Gasteiger partial charge in [0.1, 0.15) is 11.6 Å². The molecule has 0 spiro atoms. The second-order valence-electron chi connectivity index (χ2n) is 8.08. The summed E-state index contributed by atoms with van der Waals surface area (Å²) in [4.78, 5) is 10.2. The smallest absolute Gasteiger partial charge is 0.175 e. The number of ether oxygens (including phenoxy) is 1. The first-order valence-corrected chi connectivity index (χ1v) is 12.1. The van der Waals surface area contributed by atoms with Gasteiger partial charge in [-0.1, -0.05) is 22.4 Å². The van der Waals surface area contributed by atoms with Gasteiger partial charge in [-0.25, -0.2) is 9.97 Å². The topological polar surface area (TPSA) is 78.4 Å². The summed E-state index contributed by atoms with van der Waals surface area (Å²) in [6.07, 6.45) is 3.42. The van der Waals surface area contributed by atoms with E-state index >= 15 is 0 Å². The number of aromatic nitrogens is 2. The van der Waals surface area contributed by atoms with E-state index in [2.05, 4.69) is 0 Å². The second-order valence-corrected chi connectivity index (χ2v) is 10.0. The highest BCUT2D eigenvalue weighted by atomic mass is 32.3. The third kappa shape index (κ3) is 4.01. The minimum Gasteiger partial charge on any atom is -0.593 e. The van der Waals surface area contributed by atoms with Crippen molar-refractivity contribution in [2.45, 2.75) is 36.5 Å². The van der Waals surface area contributed by atoms with Gasteiger partial charge in [0.05, 0.1) is 12.8 Å². The molecule has 1 aliphatic carbocycles. The number of rotatable bonds is 5. The molecule has 0 bridgehead atoms. The van der Waals surface area contributed by atoms with Gasteiger partial charge in [-0.3, -0.25) is 0 Å². The molecule has 160 valence electrons. The fourth-order valence-corrected chi connectivity index (χ4v) is 5.55. The van der Waals surface area contributed by atoms with Gasteiger partial charge in [0, 0.05) is 42.2 Å². The number of hydrogen-bond donors (Lipinski definition) is 0. The molecule has 3 aromatic rings. The van der Waals surface area contributed by atoms with Crippen LogP contribution in [0.15, 0.2) is 59.5 Å². The maximum absolute atomic E-state index is 13.2. The number of nitrogens with zero attached hydrogens (tertiary/aromatic N) is 3. The predicted molar refractivity (Wildman–Crippen MR) is 119 cm³/mol. The van der Waals surface area contributed by atoms with Gasteiger partial charge in [0.25, 0.3) is 0 Å². The van der Waals surface area contributed by atoms with Crippen LogP contribution in [0.1, 0.15) is 35.8 Å². The highest BCUT2D eigenvalue weighted by Gasteiger charge is 2.34. The minimum atomic E-state index is -3.54. The molecule has 1 aromatic heterocycles. The van der Waals surface area contributed by atoms with Crippen LogP contribution in [0.3, 0.4) is 0 Å². The maximum Gasteiger partial charge on any atom is 0.175 e. The van der Waals surface area contributed by atoms with E-state index < -0.39 is 10.4 Å². The van der Waals surface area contributed by atoms with E-state index in [9.17, 15) is 8.76 Å². The van der Waals surface area contributed by atoms with Crippen molar-refractivity contribution in [1.82, 2.24) is 14.3 Å². The van der Waals surface area contributed by atoms with Crippen LogP contribution < -0.4 is 4.74 Å². The summed E-state index contributed by atoms with van der Waals surface area (Å²) in [5, 5.41) is 0. The van der Waals surface area contributed by atoms with Crippen LogP contribution in [-0.2, 0) is 27.5 Å². The molecule has 0 radical (unpaired) electrons. The quantitative estimate of drug-likeness (QED) is 0.565. The third-order valence-electron chi connectivity index (χ3n) is 6.01. The van der Waals surface area contributed by atoms with Crippen molar-refractivity contribution in [1.29, 1.82) is 0 Å². The Hall–Kier alpha value is -2.61. The lowest BCUT2D eigenvalue weighted by Crippen LogP contribution is -2.38. The zero-order chi connectivity index (χ0) is 21.4. The van der Waals surface area contributed by atoms with Gasteiger partial charge in [-0.15, -0.1) is 4.31 Å². The van der Waals surface area contributed by atoms with Crippen molar-refractivity contribution >= 4 is 10.4 Å². The van der Waals surface area contributed by atoms with Crippen LogP contribution in [0.4, 0.5) is 0 Å². The van der Waals surface area contributed by atoms with Gasteiger partial charge in [0.2, 0.25) is 0 Å². The summed E-state index contributed by atoms with van der Waals surface area (Å²) < 4.78 is 33.2. The van der Waals surface area contributed by atoms with Gasteiger partial charge < -0.3 is 9.29 Å². The highest BCUT2D eigenvalue weighted by Crippen LogP contribution is 2.40. The van der Waals surface area contributed by atoms with E-state index in [1.165, 1.54) is 0 Å². The average Bonchev–Trinajstić information content (AvgIpc) is 3.66. The van der Waals surface area contributed by atoms with Crippen molar-refractivity contribution in [3.63, 3.8) is 0 Å². The standard InChI is InChI=1S/C24H25N3O3S/c1-30-19-11-9-17(10-12-19)23-21-13-15-27(31(28,29)20-5-3-2-4-6-20)16-14-22(21)25-24(26-23)18-7-8-18/h2-6,9-12,18H,7-8,13-16H2,1H3. The number of benzene rings is 2. The lowest BCUT2D eigenvalue weighted by molar-refractivity contribution is 0.363. The van der Waals surface area contributed by atoms with Crippen LogP contribution in [0, 0.1) is 0 Å². The molecule has 1 saturated carbocycles. The van der Waals surface area contributed by atoms with E-state index in [1.807, 2.05) is 30.3 Å². The van der Waals surface area contributed by atoms with Gasteiger partial charge >= 0.3 is 0 Å². The Labute approximate surface area is 183 Å². The molecule has 6 nitrogen and oxygen atoms in total. The molecular formula is C24H25N3O3S. The lowest BCUT2D eigenvalue weighted by atomic mass is 10.0. The normalized spacial score (nSPS) is 18.6. The van der Waals surface area contributed by atoms with Crippen LogP contribution in [0.5, 0.6) is 5.75 Å². The van der Waals surface area contributed by atoms with Crippen LogP contribution >= 0.6 is 0 Å². The first kappa shape index (κ1) is 20.3. The van der Waals surface area contributed by atoms with Crippen molar-refractivity contribution in [3.8, 4) is 17.0 Å². The molecule has 2 heterocycles. The fraction of sp³-hybridized carbons (Fsp3) is 0.333. The summed E-state index contributed by atoms with van der Waals surface area (Å²) in [7, 11) is -1.88. The fourth-order valence-electron chi connectivity index (χ4n) is 4.09. The molecule has 1 aliphatic heterocycles. The molecular weight excluding hydrogens is 410 g/mol. The summed E-state index contributed by atoms with van der Waals surface area (Å²) >= 11 is 0. The van der Waals surface area contributed by atoms with Crippen molar-refractivity contribution in [2.75, 3.05) is 20.2 Å². The van der Waals surface area contributed by atoms with E-state index in [-0.39, 0.29) is 0 Å². The molecule has 1 fully saturated rings. The number of hydrogen-bond acceptors (Lipinski definition) is 5. The Bertz CT molecular complexity index is 1130. The summed E-state index contributed by atoms with van der Waals surface area (Å²) in [6, 6.07) is 16.6. The highest BCUT2D eigenvalue weighted by molar-refractivity contribution is 7.95. The van der Waals surface area contributed by atoms with E-state index in [0.29, 0.717) is 36.7 Å². The predicted octanol–water partition coefficient (Wildman–Crippen LogP) is 4.03. The Morgan fingerprint density at radius 2 is 1.71 bits per heavy atom. The average molecular weight is 436 g/mol. The monoisotopic (exact) mass is 435 g/mol. The summed E-state index contributed by atoms with van der Waals surface area (Å²) in [6.45, 7) is 0.840. The van der Waals surface area contributed by atoms with E-state index in [1.54, 1.807) is 35.7 Å². The molecule has 0 saturated heterocycles. The largest absolute Gasteiger partial charge is 0.593 e. The van der Waals surface area contributed by atoms with Gasteiger partial charge in [0.15, 0.2) is 15.3 Å². The van der Waals surface area contributed by atoms with Crippen molar-refractivity contribution in [3.05, 3.63) is 71.7 Å². The Kier molecular flexibility index (Phi) is 5.33. The summed E-state index contributed by atoms with van der Waals surface area (Å²) in [5.41, 5.74) is 3.98. The van der Waals surface area contributed by atoms with Crippen LogP contribution in [-0.4, -0.2) is 39.0 Å². The SMILES string of the molecule is COc1ccc(-c2nc(C3CC3)nc3c2CCN([S+](=O)([O-])c2ccccc2)CC3)cc1. The van der Waals surface area contributed by atoms with Crippen molar-refractivity contribution < 1.29 is 13.5 Å². The van der Waals surface area contributed by atoms with E-state index in [0.717, 1.165) is 46.9 Å². The van der Waals surface area contributed by atoms with Crippen LogP contribution in [0.2, 0.25) is 0 Å². The molecule has 2 aliphatic rings. The molecule has 5 rings (SSSR count). The first-order chi connectivity index (χ1) is 15.1. The first-order valence-electron chi connectivity index (χ1n) is 10.7. The summed E-state index contributed by atoms with van der Waals surface area (Å²) in [5.74, 6) is 2.12. The zero-order valence-corrected chi connectivity index (χ0v) is 18.3. The molecule has 2 aromatic carbocycles. The lowest BCUT2D eigenvalue weighted by Gasteiger charge is -2.25. The van der Waals surface area contributed by atoms with Gasteiger partial charge in [-0.2, -0.15) is 0 Å². The van der Waals surface area contributed by atoms with Crippen LogP contribution in [0.25, 0.3) is 11.3 Å². The molecule has 7 heteroatoms. The zero-order valence-electron chi connectivity index (χ0n) is 17.5. The number of sulfonamides is 1. The molecule has 0 N–H and O–H groups in total. The Morgan fingerprint density at radius 1 is 1.00 bits per heavy atom. The Balaban J connectivity index is 1.51. The molecule has 1 unspecified atom stereocenters. The maximum atomic E-state index is 13.2. The number of fused-ring (bicyclic) bond motifs is 1. The third-order valence-corrected chi connectivity index (χ3v) is 7.92. The molecule has 31 heavy (non-hydrogen) atoms. The van der Waals surface area contributed by atoms with Gasteiger partial charge in [-0.05, 0) is 55.7 Å². The second kappa shape index (κ2) is 8.15. The molecule has 0 amide bonds. The van der Waals surface area contributed by atoms with E-state index in [4.69, 9.17) is 14.7 Å². The van der Waals surface area contributed by atoms with Crippen molar-refractivity contribution in [2.24, 2.45) is 0 Å². The minimum absolute atomic E-state index is 0.334. The Morgan fingerprint density at radius 3 is 2.39 bits per heavy atom. The number of methoxy groups -OCH3 is 1. The molecule has 1 atom stereocenters.